The molecule has 1 fully saturated rings. The Labute approximate surface area is 472 Å². The standard InChI is InChI=1S/C53H87N17O11/c1-8-29(5)41(54)48(77)63-31(7)43(72)64-35(13-10-20-60-52(55)56)44(73)67-38(24-32-16-18-34(71)19-17-32)47(76)69-42(30(6)9-2)49(78)65-36(14-11-21-61-53(57)58)45(74)66-37(23-28(3)4)46(75)68-39(25-33-26-59-27-62-33)50(79)70-22-12-15-40(70)51(80)81/h16-19,26-31,35-42,71H,8-15,20-25,54H2,1-7H3,(H,59,62)(H,63,77)(H,64,72)(H,65,78)(H,66,74)(H,67,73)(H,68,75)(H,69,76)(H,80,81)(H4,55,56,60)(H4,57,58,61)/t29-,30-,31-,35-,36-,37-,38-,39-,40-,41-,42-/m0/s1. The zero-order valence-corrected chi connectivity index (χ0v) is 47.5. The molecule has 0 aliphatic carbocycles. The van der Waals surface area contributed by atoms with E-state index >= 15 is 0 Å². The summed E-state index contributed by atoms with van der Waals surface area (Å²) in [6.45, 7) is 12.4. The Balaban J connectivity index is 1.98. The zero-order valence-electron chi connectivity index (χ0n) is 47.5. The van der Waals surface area contributed by atoms with Crippen molar-refractivity contribution < 1.29 is 53.4 Å². The van der Waals surface area contributed by atoms with Gasteiger partial charge in [-0.3, -0.25) is 48.3 Å². The van der Waals surface area contributed by atoms with Gasteiger partial charge in [-0.2, -0.15) is 0 Å². The number of hydrogen-bond acceptors (Lipinski definition) is 14. The fraction of sp³-hybridized carbons (Fsp3) is 0.623. The number of nitrogens with zero attached hydrogens (tertiary/aromatic N) is 4. The van der Waals surface area contributed by atoms with E-state index < -0.39 is 114 Å². The van der Waals surface area contributed by atoms with Crippen LogP contribution in [0.15, 0.2) is 46.8 Å². The summed E-state index contributed by atoms with van der Waals surface area (Å²) in [7, 11) is 0. The van der Waals surface area contributed by atoms with Crippen molar-refractivity contribution in [1.82, 2.24) is 52.1 Å². The highest BCUT2D eigenvalue weighted by molar-refractivity contribution is 5.98. The predicted octanol–water partition coefficient (Wildman–Crippen LogP) is -2.04. The lowest BCUT2D eigenvalue weighted by Gasteiger charge is -2.30. The number of carbonyl (C=O) groups excluding carboxylic acids is 8. The first kappa shape index (κ1) is 67.2. The Bertz CT molecular complexity index is 2470. The van der Waals surface area contributed by atoms with Crippen LogP contribution in [0.3, 0.4) is 0 Å². The smallest absolute Gasteiger partial charge is 0.326 e. The van der Waals surface area contributed by atoms with Gasteiger partial charge in [0, 0.05) is 44.4 Å². The number of H-pyrrole nitrogens is 1. The predicted molar refractivity (Wildman–Crippen MR) is 302 cm³/mol. The number of phenolic OH excluding ortho intramolecular Hbond substituents is 1. The number of carboxylic acid groups (broad SMARTS) is 1. The first-order valence-electron chi connectivity index (χ1n) is 27.5. The van der Waals surface area contributed by atoms with Crippen molar-refractivity contribution >= 4 is 65.1 Å². The number of nitrogens with two attached hydrogens (primary N) is 5. The monoisotopic (exact) mass is 1140 g/mol. The van der Waals surface area contributed by atoms with E-state index in [0.717, 1.165) is 0 Å². The molecule has 0 radical (unpaired) electrons. The number of hydrogen-bond donors (Lipinski definition) is 15. The van der Waals surface area contributed by atoms with E-state index in [1.807, 2.05) is 20.8 Å². The molecule has 28 nitrogen and oxygen atoms in total. The molecular formula is C53H87N17O11. The number of likely N-dealkylation sites (tertiary alicyclic amines) is 1. The molecule has 2 heterocycles. The number of phenols is 1. The second kappa shape index (κ2) is 33.5. The van der Waals surface area contributed by atoms with Crippen molar-refractivity contribution in [3.63, 3.8) is 0 Å². The summed E-state index contributed by atoms with van der Waals surface area (Å²) >= 11 is 0. The number of amides is 8. The minimum absolute atomic E-state index is 0.0329. The van der Waals surface area contributed by atoms with Crippen LogP contribution in [0.4, 0.5) is 0 Å². The molecule has 20 N–H and O–H groups in total. The maximum absolute atomic E-state index is 14.7. The van der Waals surface area contributed by atoms with Crippen molar-refractivity contribution in [3.8, 4) is 5.75 Å². The van der Waals surface area contributed by atoms with Gasteiger partial charge in [-0.25, -0.2) is 9.78 Å². The van der Waals surface area contributed by atoms with Crippen LogP contribution in [0.2, 0.25) is 0 Å². The molecule has 0 unspecified atom stereocenters. The molecule has 1 aliphatic heterocycles. The Kier molecular flexibility index (Phi) is 27.8. The molecule has 0 saturated carbocycles. The van der Waals surface area contributed by atoms with Crippen LogP contribution in [-0.4, -0.2) is 164 Å². The number of rotatable bonds is 34. The maximum atomic E-state index is 14.7. The van der Waals surface area contributed by atoms with Gasteiger partial charge in [-0.15, -0.1) is 0 Å². The normalized spacial score (nSPS) is 16.8. The number of aromatic hydroxyl groups is 1. The molecular weight excluding hydrogens is 1050 g/mol. The zero-order chi connectivity index (χ0) is 60.5. The highest BCUT2D eigenvalue weighted by Crippen LogP contribution is 2.21. The van der Waals surface area contributed by atoms with Gasteiger partial charge in [-0.05, 0) is 87.3 Å². The Morgan fingerprint density at radius 3 is 1.70 bits per heavy atom. The van der Waals surface area contributed by atoms with E-state index in [1.54, 1.807) is 20.8 Å². The second-order valence-corrected chi connectivity index (χ2v) is 21.0. The number of nitrogens with one attached hydrogen (secondary N) is 8. The van der Waals surface area contributed by atoms with Gasteiger partial charge in [0.25, 0.3) is 0 Å². The molecule has 3 rings (SSSR count). The highest BCUT2D eigenvalue weighted by atomic mass is 16.4. The summed E-state index contributed by atoms with van der Waals surface area (Å²) < 4.78 is 0. The number of aliphatic carboxylic acids is 1. The average Bonchev–Trinajstić information content (AvgIpc) is 4.21. The number of aromatic amines is 1. The number of imidazole rings is 1. The number of benzene rings is 1. The molecule has 11 atom stereocenters. The Morgan fingerprint density at radius 2 is 1.19 bits per heavy atom. The van der Waals surface area contributed by atoms with Crippen LogP contribution in [0, 0.1) is 17.8 Å². The van der Waals surface area contributed by atoms with E-state index in [2.05, 4.69) is 57.2 Å². The summed E-state index contributed by atoms with van der Waals surface area (Å²) in [6, 6.07) is -5.30. The molecule has 2 aromatic rings. The number of carbonyl (C=O) groups is 9. The number of guanidine groups is 2. The summed E-state index contributed by atoms with van der Waals surface area (Å²) in [4.78, 5) is 141. The summed E-state index contributed by atoms with van der Waals surface area (Å²) in [6.07, 6.45) is 4.52. The van der Waals surface area contributed by atoms with E-state index in [0.29, 0.717) is 30.5 Å². The van der Waals surface area contributed by atoms with Crippen molar-refractivity contribution in [2.75, 3.05) is 19.6 Å². The second-order valence-electron chi connectivity index (χ2n) is 21.0. The summed E-state index contributed by atoms with van der Waals surface area (Å²) in [5.74, 6) is -8.62. The average molecular weight is 1140 g/mol. The minimum Gasteiger partial charge on any atom is -0.508 e. The molecule has 1 aromatic heterocycles. The van der Waals surface area contributed by atoms with Gasteiger partial charge in [0.15, 0.2) is 11.9 Å². The van der Waals surface area contributed by atoms with Crippen LogP contribution < -0.4 is 65.9 Å². The van der Waals surface area contributed by atoms with E-state index in [1.165, 1.54) is 48.6 Å². The van der Waals surface area contributed by atoms with Crippen LogP contribution in [0.25, 0.3) is 0 Å². The molecule has 0 bridgehead atoms. The number of aliphatic imine (C=N–C) groups is 2. The van der Waals surface area contributed by atoms with Gasteiger partial charge in [-0.1, -0.05) is 66.5 Å². The topological polar surface area (TPSA) is 465 Å². The van der Waals surface area contributed by atoms with Crippen LogP contribution in [-0.2, 0) is 56.0 Å². The van der Waals surface area contributed by atoms with Gasteiger partial charge in [0.05, 0.1) is 12.4 Å². The first-order valence-corrected chi connectivity index (χ1v) is 27.5. The fourth-order valence-corrected chi connectivity index (χ4v) is 8.85. The Hall–Kier alpha value is -8.04. The van der Waals surface area contributed by atoms with E-state index in [-0.39, 0.29) is 101 Å². The third kappa shape index (κ3) is 22.6. The van der Waals surface area contributed by atoms with Crippen molar-refractivity contribution in [1.29, 1.82) is 0 Å². The number of aromatic nitrogens is 2. The maximum Gasteiger partial charge on any atom is 0.326 e. The molecule has 1 saturated heterocycles. The van der Waals surface area contributed by atoms with Crippen LogP contribution >= 0.6 is 0 Å². The first-order chi connectivity index (χ1) is 38.3. The highest BCUT2D eigenvalue weighted by Gasteiger charge is 2.40. The van der Waals surface area contributed by atoms with Crippen molar-refractivity contribution in [2.24, 2.45) is 56.4 Å². The molecule has 1 aliphatic rings. The molecule has 0 spiro atoms. The third-order valence-corrected chi connectivity index (χ3v) is 14.0. The van der Waals surface area contributed by atoms with Crippen LogP contribution in [0.5, 0.6) is 5.75 Å². The fourth-order valence-electron chi connectivity index (χ4n) is 8.85. The Morgan fingerprint density at radius 1 is 0.667 bits per heavy atom. The van der Waals surface area contributed by atoms with Crippen LogP contribution in [0.1, 0.15) is 118 Å². The summed E-state index contributed by atoms with van der Waals surface area (Å²) in [5.41, 5.74) is 29.3. The lowest BCUT2D eigenvalue weighted by Crippen LogP contribution is -2.61. The van der Waals surface area contributed by atoms with Gasteiger partial charge in [0.1, 0.15) is 54.1 Å². The molecule has 81 heavy (non-hydrogen) atoms. The van der Waals surface area contributed by atoms with Crippen molar-refractivity contribution in [3.05, 3.63) is 48.0 Å². The quantitative estimate of drug-likeness (QED) is 0.0204. The minimum atomic E-state index is -1.43. The third-order valence-electron chi connectivity index (χ3n) is 14.0. The molecule has 450 valence electrons. The van der Waals surface area contributed by atoms with Gasteiger partial charge < -0.3 is 86.0 Å². The molecule has 28 heteroatoms. The molecule has 8 amide bonds. The summed E-state index contributed by atoms with van der Waals surface area (Å²) in [5, 5.41) is 38.9. The number of carboxylic acids is 1. The molecule has 1 aromatic carbocycles. The lowest BCUT2D eigenvalue weighted by atomic mass is 9.96. The van der Waals surface area contributed by atoms with E-state index in [9.17, 15) is 53.4 Å². The SMILES string of the molecule is CC[C@H](C)[C@H](N)C(=O)N[C@@H](C)C(=O)N[C@@H](CCCN=C(N)N)C(=O)N[C@@H](Cc1ccc(O)cc1)C(=O)N[C@H](C(=O)N[C@@H](CCCN=C(N)N)C(=O)N[C@@H](CC(C)C)C(=O)N[C@@H](Cc1cnc[nH]1)C(=O)N1CCC[C@H]1C(=O)O)[C@@H](C)CC. The van der Waals surface area contributed by atoms with Crippen molar-refractivity contribution in [2.45, 2.75) is 173 Å². The lowest BCUT2D eigenvalue weighted by molar-refractivity contribution is -0.149. The van der Waals surface area contributed by atoms with E-state index in [4.69, 9.17) is 28.7 Å². The van der Waals surface area contributed by atoms with Gasteiger partial charge >= 0.3 is 5.97 Å². The largest absolute Gasteiger partial charge is 0.508 e. The van der Waals surface area contributed by atoms with Gasteiger partial charge in [0.2, 0.25) is 47.3 Å².